The van der Waals surface area contributed by atoms with Crippen LogP contribution in [0.25, 0.3) is 10.9 Å². The van der Waals surface area contributed by atoms with Crippen LogP contribution in [0.4, 0.5) is 18.9 Å². The molecule has 5 rings (SSSR count). The van der Waals surface area contributed by atoms with E-state index in [1.165, 1.54) is 30.0 Å². The lowest BCUT2D eigenvalue weighted by Gasteiger charge is -2.37. The van der Waals surface area contributed by atoms with Gasteiger partial charge in [0.2, 0.25) is 0 Å². The highest BCUT2D eigenvalue weighted by Crippen LogP contribution is 2.39. The van der Waals surface area contributed by atoms with Gasteiger partial charge in [-0.2, -0.15) is 23.4 Å². The maximum atomic E-state index is 14.0. The highest BCUT2D eigenvalue weighted by molar-refractivity contribution is 5.90. The predicted molar refractivity (Wildman–Crippen MR) is 147 cm³/mol. The summed E-state index contributed by atoms with van der Waals surface area (Å²) < 4.78 is 47.5. The number of aromatic nitrogens is 3. The van der Waals surface area contributed by atoms with Gasteiger partial charge in [0.05, 0.1) is 17.2 Å². The molecule has 41 heavy (non-hydrogen) atoms. The number of piperazine rings is 1. The minimum Gasteiger partial charge on any atom is -0.424 e. The third-order valence-electron chi connectivity index (χ3n) is 7.15. The lowest BCUT2D eigenvalue weighted by atomic mass is 10.0. The number of amides is 1. The molecule has 0 spiro atoms. The number of fused-ring (bicyclic) bond motifs is 1. The van der Waals surface area contributed by atoms with Crippen molar-refractivity contribution in [1.82, 2.24) is 19.9 Å². The third kappa shape index (κ3) is 6.58. The van der Waals surface area contributed by atoms with Crippen molar-refractivity contribution in [1.29, 1.82) is 5.26 Å². The molecule has 0 unspecified atom stereocenters. The first kappa shape index (κ1) is 27.9. The van der Waals surface area contributed by atoms with E-state index in [1.54, 1.807) is 11.0 Å². The van der Waals surface area contributed by atoms with Gasteiger partial charge in [-0.25, -0.2) is 4.98 Å². The molecule has 212 valence electrons. The molecule has 0 atom stereocenters. The molecule has 12 heteroatoms. The Kier molecular flexibility index (Phi) is 8.07. The quantitative estimate of drug-likeness (QED) is 0.278. The summed E-state index contributed by atoms with van der Waals surface area (Å²) in [5.41, 5.74) is 7.20. The molecular weight excluding hydrogens is 535 g/mol. The van der Waals surface area contributed by atoms with Crippen LogP contribution in [-0.4, -0.2) is 58.5 Å². The summed E-state index contributed by atoms with van der Waals surface area (Å²) in [6, 6.07) is 12.6. The summed E-state index contributed by atoms with van der Waals surface area (Å²) in [6.45, 7) is 3.10. The van der Waals surface area contributed by atoms with Crippen LogP contribution in [0.1, 0.15) is 40.0 Å². The van der Waals surface area contributed by atoms with Gasteiger partial charge in [-0.05, 0) is 73.8 Å². The van der Waals surface area contributed by atoms with Crippen LogP contribution in [0.2, 0.25) is 0 Å². The first-order valence-corrected chi connectivity index (χ1v) is 13.2. The van der Waals surface area contributed by atoms with Crippen molar-refractivity contribution in [2.45, 2.75) is 25.4 Å². The Bertz CT molecular complexity index is 1590. The number of nitriles is 1. The van der Waals surface area contributed by atoms with Gasteiger partial charge in [-0.1, -0.05) is 0 Å². The molecule has 9 nitrogen and oxygen atoms in total. The zero-order valence-corrected chi connectivity index (χ0v) is 22.1. The molecule has 2 aromatic carbocycles. The summed E-state index contributed by atoms with van der Waals surface area (Å²) in [4.78, 5) is 26.3. The monoisotopic (exact) mass is 563 g/mol. The molecule has 3 heterocycles. The fourth-order valence-electron chi connectivity index (χ4n) is 5.03. The normalized spacial score (nSPS) is 14.2. The standard InChI is InChI=1S/C29H28F3N7O2/c30-29(31,32)23-16-21(41-28-35-9-8-25(37-28)27(34)40)5-7-26(23)39-13-11-38(12-14-39)10-2-1-3-20-18-36-24-6-4-19(17-33)15-22(20)24/h4-9,15-16,18,36H,1-3,10-14H2,(H2,34,40). The summed E-state index contributed by atoms with van der Waals surface area (Å²) >= 11 is 0. The average molecular weight is 564 g/mol. The van der Waals surface area contributed by atoms with Gasteiger partial charge < -0.3 is 20.4 Å². The van der Waals surface area contributed by atoms with Crippen molar-refractivity contribution in [3.8, 4) is 17.8 Å². The highest BCUT2D eigenvalue weighted by Gasteiger charge is 2.36. The number of hydrogen-bond acceptors (Lipinski definition) is 7. The van der Waals surface area contributed by atoms with Crippen LogP contribution < -0.4 is 15.4 Å². The van der Waals surface area contributed by atoms with E-state index in [9.17, 15) is 23.2 Å². The number of nitrogens with zero attached hydrogens (tertiary/aromatic N) is 5. The molecule has 0 aliphatic carbocycles. The van der Waals surface area contributed by atoms with Crippen molar-refractivity contribution in [2.75, 3.05) is 37.6 Å². The van der Waals surface area contributed by atoms with E-state index in [0.717, 1.165) is 42.8 Å². The maximum Gasteiger partial charge on any atom is 0.418 e. The Balaban J connectivity index is 1.16. The van der Waals surface area contributed by atoms with Crippen LogP contribution >= 0.6 is 0 Å². The number of anilines is 1. The minimum atomic E-state index is -4.60. The van der Waals surface area contributed by atoms with Gasteiger partial charge in [0.1, 0.15) is 11.4 Å². The number of rotatable bonds is 9. The third-order valence-corrected chi connectivity index (χ3v) is 7.15. The molecule has 2 aromatic heterocycles. The van der Waals surface area contributed by atoms with Crippen LogP contribution in [0.5, 0.6) is 11.8 Å². The molecule has 1 aliphatic heterocycles. The van der Waals surface area contributed by atoms with E-state index in [4.69, 9.17) is 10.5 Å². The largest absolute Gasteiger partial charge is 0.424 e. The number of alkyl halides is 3. The van der Waals surface area contributed by atoms with Crippen molar-refractivity contribution in [2.24, 2.45) is 5.73 Å². The number of carbonyl (C=O) groups is 1. The van der Waals surface area contributed by atoms with Gasteiger partial charge in [0.15, 0.2) is 0 Å². The number of primary amides is 1. The number of benzene rings is 2. The van der Waals surface area contributed by atoms with E-state index >= 15 is 0 Å². The molecule has 0 saturated carbocycles. The number of halogens is 3. The molecular formula is C29H28F3N7O2. The van der Waals surface area contributed by atoms with Crippen LogP contribution in [0.3, 0.4) is 0 Å². The number of H-pyrrole nitrogens is 1. The van der Waals surface area contributed by atoms with Crippen LogP contribution in [0, 0.1) is 11.3 Å². The lowest BCUT2D eigenvalue weighted by Crippen LogP contribution is -2.47. The smallest absolute Gasteiger partial charge is 0.418 e. The first-order chi connectivity index (χ1) is 19.7. The van der Waals surface area contributed by atoms with E-state index in [0.29, 0.717) is 31.7 Å². The second-order valence-electron chi connectivity index (χ2n) is 9.84. The van der Waals surface area contributed by atoms with Crippen molar-refractivity contribution < 1.29 is 22.7 Å². The Morgan fingerprint density at radius 2 is 1.90 bits per heavy atom. The first-order valence-electron chi connectivity index (χ1n) is 13.2. The summed E-state index contributed by atoms with van der Waals surface area (Å²) in [6.07, 6.45) is 1.45. The fraction of sp³-hybridized carbons (Fsp3) is 0.310. The molecule has 4 aromatic rings. The summed E-state index contributed by atoms with van der Waals surface area (Å²) in [7, 11) is 0. The predicted octanol–water partition coefficient (Wildman–Crippen LogP) is 4.88. The SMILES string of the molecule is N#Cc1ccc2[nH]cc(CCCCN3CCN(c4ccc(Oc5nccc(C(N)=O)n5)cc4C(F)(F)F)CC3)c2c1. The van der Waals surface area contributed by atoms with Gasteiger partial charge in [0.25, 0.3) is 5.91 Å². The molecule has 1 fully saturated rings. The number of unbranched alkanes of at least 4 members (excludes halogenated alkanes) is 1. The Hall–Kier alpha value is -4.63. The molecule has 0 radical (unpaired) electrons. The highest BCUT2D eigenvalue weighted by atomic mass is 19.4. The number of aryl methyl sites for hydroxylation is 1. The van der Waals surface area contributed by atoms with Gasteiger partial charge in [-0.15, -0.1) is 0 Å². The number of hydrogen-bond donors (Lipinski definition) is 2. The van der Waals surface area contributed by atoms with Gasteiger partial charge >= 0.3 is 12.2 Å². The second-order valence-corrected chi connectivity index (χ2v) is 9.84. The van der Waals surface area contributed by atoms with Gasteiger partial charge in [0, 0.05) is 55.2 Å². The van der Waals surface area contributed by atoms with Crippen molar-refractivity contribution in [3.05, 3.63) is 77.2 Å². The number of nitrogens with two attached hydrogens (primary N) is 1. The zero-order valence-electron chi connectivity index (χ0n) is 22.1. The Morgan fingerprint density at radius 3 is 2.63 bits per heavy atom. The molecule has 0 bridgehead atoms. The summed E-state index contributed by atoms with van der Waals surface area (Å²) in [5, 5.41) is 10.2. The van der Waals surface area contributed by atoms with Gasteiger partial charge in [-0.3, -0.25) is 9.69 Å². The molecule has 3 N–H and O–H groups in total. The fourth-order valence-corrected chi connectivity index (χ4v) is 5.03. The zero-order chi connectivity index (χ0) is 29.0. The number of carbonyl (C=O) groups excluding carboxylic acids is 1. The second kappa shape index (κ2) is 11.9. The Morgan fingerprint density at radius 1 is 1.10 bits per heavy atom. The molecule has 1 aliphatic rings. The number of ether oxygens (including phenoxy) is 1. The van der Waals surface area contributed by atoms with Crippen molar-refractivity contribution >= 4 is 22.5 Å². The lowest BCUT2D eigenvalue weighted by molar-refractivity contribution is -0.137. The van der Waals surface area contributed by atoms with Crippen molar-refractivity contribution in [3.63, 3.8) is 0 Å². The average Bonchev–Trinajstić information content (AvgIpc) is 3.37. The molecule has 1 saturated heterocycles. The minimum absolute atomic E-state index is 0.0902. The molecule has 1 amide bonds. The van der Waals surface area contributed by atoms with E-state index in [2.05, 4.69) is 25.9 Å². The maximum absolute atomic E-state index is 14.0. The van der Waals surface area contributed by atoms with E-state index < -0.39 is 17.6 Å². The van der Waals surface area contributed by atoms with E-state index in [1.807, 2.05) is 18.3 Å². The summed E-state index contributed by atoms with van der Waals surface area (Å²) in [5.74, 6) is -0.896. The van der Waals surface area contributed by atoms with E-state index in [-0.39, 0.29) is 23.1 Å². The van der Waals surface area contributed by atoms with Crippen LogP contribution in [0.15, 0.2) is 54.9 Å². The Labute approximate surface area is 234 Å². The number of nitrogens with one attached hydrogen (secondary N) is 1. The van der Waals surface area contributed by atoms with Crippen LogP contribution in [-0.2, 0) is 12.6 Å². The number of aromatic amines is 1. The topological polar surface area (TPSA) is 124 Å².